The number of para-hydroxylation sites is 1. The van der Waals surface area contributed by atoms with Gasteiger partial charge in [-0.05, 0) is 36.4 Å². The minimum atomic E-state index is -0.0159. The Morgan fingerprint density at radius 2 is 2.10 bits per heavy atom. The molecule has 1 aliphatic rings. The fraction of sp³-hybridized carbons (Fsp3) is 0.333. The molecule has 7 nitrogen and oxygen atoms in total. The number of methoxy groups -OCH3 is 1. The quantitative estimate of drug-likeness (QED) is 0.505. The van der Waals surface area contributed by atoms with Crippen LogP contribution in [0.5, 0.6) is 0 Å². The molecule has 0 amide bonds. The Labute approximate surface area is 171 Å². The highest BCUT2D eigenvalue weighted by Gasteiger charge is 2.32. The molecular weight excluding hydrogens is 386 g/mol. The van der Waals surface area contributed by atoms with Gasteiger partial charge >= 0.3 is 0 Å². The molecule has 0 bridgehead atoms. The standard InChI is InChI=1S/C21H21N5O2S/c1-28-11-10-26-19(24-16-6-3-2-5-14(16)21(26)27)17-7-4-9-25(17)18-15-8-12-29-20(15)23-13-22-18/h2-3,5-6,8,12-13,17H,4,7,9-11H2,1H3. The first-order valence-electron chi connectivity index (χ1n) is 9.71. The zero-order valence-corrected chi connectivity index (χ0v) is 16.9. The summed E-state index contributed by atoms with van der Waals surface area (Å²) in [6, 6.07) is 9.59. The van der Waals surface area contributed by atoms with Gasteiger partial charge in [0.2, 0.25) is 0 Å². The summed E-state index contributed by atoms with van der Waals surface area (Å²) in [5, 5.41) is 3.73. The van der Waals surface area contributed by atoms with E-state index in [2.05, 4.69) is 20.9 Å². The number of benzene rings is 1. The van der Waals surface area contributed by atoms with Crippen molar-refractivity contribution in [1.29, 1.82) is 0 Å². The highest BCUT2D eigenvalue weighted by atomic mass is 32.1. The number of nitrogens with zero attached hydrogens (tertiary/aromatic N) is 5. The zero-order valence-electron chi connectivity index (χ0n) is 16.1. The van der Waals surface area contributed by atoms with Gasteiger partial charge in [-0.15, -0.1) is 11.3 Å². The Balaban J connectivity index is 1.67. The van der Waals surface area contributed by atoms with Gasteiger partial charge in [0.15, 0.2) is 0 Å². The lowest BCUT2D eigenvalue weighted by Gasteiger charge is -2.28. The first-order chi connectivity index (χ1) is 14.3. The first-order valence-corrected chi connectivity index (χ1v) is 10.6. The maximum absolute atomic E-state index is 13.3. The van der Waals surface area contributed by atoms with Gasteiger partial charge < -0.3 is 9.64 Å². The SMILES string of the molecule is COCCn1c(C2CCCN2c2ncnc3sccc23)nc2ccccc2c1=O. The van der Waals surface area contributed by atoms with E-state index >= 15 is 0 Å². The summed E-state index contributed by atoms with van der Waals surface area (Å²) in [4.78, 5) is 30.4. The lowest BCUT2D eigenvalue weighted by atomic mass is 10.1. The number of hydrogen-bond donors (Lipinski definition) is 0. The third-order valence-corrected chi connectivity index (χ3v) is 6.29. The maximum atomic E-state index is 13.3. The van der Waals surface area contributed by atoms with Gasteiger partial charge in [0, 0.05) is 13.7 Å². The van der Waals surface area contributed by atoms with Crippen LogP contribution in [0.2, 0.25) is 0 Å². The molecule has 1 aliphatic heterocycles. The molecule has 1 atom stereocenters. The van der Waals surface area contributed by atoms with Crippen molar-refractivity contribution >= 4 is 38.3 Å². The molecule has 1 aromatic carbocycles. The fourth-order valence-corrected chi connectivity index (χ4v) is 4.86. The van der Waals surface area contributed by atoms with Crippen LogP contribution in [0.25, 0.3) is 21.1 Å². The smallest absolute Gasteiger partial charge is 0.261 e. The summed E-state index contributed by atoms with van der Waals surface area (Å²) in [5.41, 5.74) is 0.717. The van der Waals surface area contributed by atoms with Crippen molar-refractivity contribution in [3.8, 4) is 0 Å². The number of anilines is 1. The van der Waals surface area contributed by atoms with Crippen molar-refractivity contribution in [1.82, 2.24) is 19.5 Å². The third kappa shape index (κ3) is 3.08. The average molecular weight is 407 g/mol. The van der Waals surface area contributed by atoms with Crippen molar-refractivity contribution in [2.24, 2.45) is 0 Å². The van der Waals surface area contributed by atoms with Crippen LogP contribution in [0.1, 0.15) is 24.7 Å². The summed E-state index contributed by atoms with van der Waals surface area (Å²) < 4.78 is 7.05. The molecule has 4 aromatic rings. The van der Waals surface area contributed by atoms with Crippen LogP contribution in [-0.4, -0.2) is 39.8 Å². The first kappa shape index (κ1) is 18.2. The largest absolute Gasteiger partial charge is 0.383 e. The Morgan fingerprint density at radius 1 is 1.21 bits per heavy atom. The fourth-order valence-electron chi connectivity index (χ4n) is 4.13. The molecule has 148 valence electrons. The van der Waals surface area contributed by atoms with Crippen LogP contribution in [0.15, 0.2) is 46.8 Å². The molecule has 8 heteroatoms. The van der Waals surface area contributed by atoms with E-state index in [0.29, 0.717) is 18.5 Å². The number of ether oxygens (including phenoxy) is 1. The molecular formula is C21H21N5O2S. The van der Waals surface area contributed by atoms with Crippen molar-refractivity contribution in [2.75, 3.05) is 25.2 Å². The summed E-state index contributed by atoms with van der Waals surface area (Å²) in [5.74, 6) is 1.70. The highest BCUT2D eigenvalue weighted by Crippen LogP contribution is 2.38. The van der Waals surface area contributed by atoms with Crippen LogP contribution < -0.4 is 10.5 Å². The Hall–Kier alpha value is -2.84. The van der Waals surface area contributed by atoms with Gasteiger partial charge in [0.25, 0.3) is 5.56 Å². The summed E-state index contributed by atoms with van der Waals surface area (Å²) >= 11 is 1.61. The summed E-state index contributed by atoms with van der Waals surface area (Å²) in [7, 11) is 1.65. The predicted molar refractivity (Wildman–Crippen MR) is 115 cm³/mol. The van der Waals surface area contributed by atoms with Gasteiger partial charge in [-0.25, -0.2) is 15.0 Å². The van der Waals surface area contributed by atoms with Crippen molar-refractivity contribution in [2.45, 2.75) is 25.4 Å². The molecule has 3 aromatic heterocycles. The Kier molecular flexibility index (Phi) is 4.73. The molecule has 0 radical (unpaired) electrons. The molecule has 5 rings (SSSR count). The number of thiophene rings is 1. The number of fused-ring (bicyclic) bond motifs is 2. The van der Waals surface area contributed by atoms with Crippen molar-refractivity contribution in [3.63, 3.8) is 0 Å². The van der Waals surface area contributed by atoms with Crippen molar-refractivity contribution < 1.29 is 4.74 Å². The minimum absolute atomic E-state index is 0.0119. The molecule has 1 unspecified atom stereocenters. The van der Waals surface area contributed by atoms with Crippen LogP contribution in [-0.2, 0) is 11.3 Å². The van der Waals surface area contributed by atoms with Crippen molar-refractivity contribution in [3.05, 3.63) is 58.2 Å². The Morgan fingerprint density at radius 3 is 3.00 bits per heavy atom. The van der Waals surface area contributed by atoms with E-state index in [9.17, 15) is 4.79 Å². The van der Waals surface area contributed by atoms with E-state index in [1.165, 1.54) is 0 Å². The second-order valence-corrected chi connectivity index (χ2v) is 8.02. The second kappa shape index (κ2) is 7.53. The normalized spacial score (nSPS) is 16.9. The van der Waals surface area contributed by atoms with Gasteiger partial charge in [-0.2, -0.15) is 0 Å². The predicted octanol–water partition coefficient (Wildman–Crippen LogP) is 3.39. The summed E-state index contributed by atoms with van der Waals surface area (Å²) in [6.07, 6.45) is 3.57. The molecule has 0 aliphatic carbocycles. The number of aromatic nitrogens is 4. The molecule has 1 fully saturated rings. The molecule has 29 heavy (non-hydrogen) atoms. The molecule has 0 saturated carbocycles. The zero-order chi connectivity index (χ0) is 19.8. The van der Waals surface area contributed by atoms with E-state index in [4.69, 9.17) is 9.72 Å². The maximum Gasteiger partial charge on any atom is 0.261 e. The van der Waals surface area contributed by atoms with Gasteiger partial charge in [-0.3, -0.25) is 9.36 Å². The monoisotopic (exact) mass is 407 g/mol. The summed E-state index contributed by atoms with van der Waals surface area (Å²) in [6.45, 7) is 1.81. The molecule has 0 N–H and O–H groups in total. The molecule has 4 heterocycles. The van der Waals surface area contributed by atoms with Gasteiger partial charge in [0.05, 0.1) is 35.5 Å². The average Bonchev–Trinajstić information content (AvgIpc) is 3.42. The number of rotatable bonds is 5. The van der Waals surface area contributed by atoms with Gasteiger partial charge in [0.1, 0.15) is 22.8 Å². The van der Waals surface area contributed by atoms with Crippen LogP contribution >= 0.6 is 11.3 Å². The lowest BCUT2D eigenvalue weighted by molar-refractivity contribution is 0.184. The van der Waals surface area contributed by atoms with E-state index in [0.717, 1.165) is 46.8 Å². The topological polar surface area (TPSA) is 73.1 Å². The van der Waals surface area contributed by atoms with Crippen LogP contribution in [0.4, 0.5) is 5.82 Å². The highest BCUT2D eigenvalue weighted by molar-refractivity contribution is 7.16. The molecule has 1 saturated heterocycles. The van der Waals surface area contributed by atoms with E-state index < -0.39 is 0 Å². The van der Waals surface area contributed by atoms with Gasteiger partial charge in [-0.1, -0.05) is 12.1 Å². The minimum Gasteiger partial charge on any atom is -0.383 e. The second-order valence-electron chi connectivity index (χ2n) is 7.12. The third-order valence-electron chi connectivity index (χ3n) is 5.47. The lowest BCUT2D eigenvalue weighted by Crippen LogP contribution is -2.33. The van der Waals surface area contributed by atoms with E-state index in [1.807, 2.05) is 29.6 Å². The van der Waals surface area contributed by atoms with E-state index in [1.54, 1.807) is 29.3 Å². The molecule has 0 spiro atoms. The van der Waals surface area contributed by atoms with Crippen LogP contribution in [0.3, 0.4) is 0 Å². The van der Waals surface area contributed by atoms with Crippen LogP contribution in [0, 0.1) is 0 Å². The van der Waals surface area contributed by atoms with E-state index in [-0.39, 0.29) is 11.6 Å². The Bertz CT molecular complexity index is 1230. The number of hydrogen-bond acceptors (Lipinski definition) is 7.